The van der Waals surface area contributed by atoms with Crippen molar-refractivity contribution < 1.29 is 0 Å². The first kappa shape index (κ1) is 14.1. The molecule has 8 nitrogen and oxygen atoms in total. The van der Waals surface area contributed by atoms with Crippen LogP contribution in [0.15, 0.2) is 43.0 Å². The zero-order valence-electron chi connectivity index (χ0n) is 13.0. The van der Waals surface area contributed by atoms with Crippen LogP contribution in [0.5, 0.6) is 0 Å². The van der Waals surface area contributed by atoms with Crippen LogP contribution in [0.3, 0.4) is 0 Å². The molecule has 0 aliphatic rings. The Hall–Kier alpha value is -3.26. The lowest BCUT2D eigenvalue weighted by Crippen LogP contribution is -1.99. The van der Waals surface area contributed by atoms with Gasteiger partial charge in [-0.3, -0.25) is 4.68 Å². The van der Waals surface area contributed by atoms with E-state index >= 15 is 0 Å². The van der Waals surface area contributed by atoms with Gasteiger partial charge in [0, 0.05) is 30.4 Å². The van der Waals surface area contributed by atoms with E-state index in [1.165, 1.54) is 0 Å². The zero-order valence-corrected chi connectivity index (χ0v) is 13.8. The predicted octanol–water partition coefficient (Wildman–Crippen LogP) is 2.72. The lowest BCUT2D eigenvalue weighted by Gasteiger charge is -2.05. The third-order valence-electron chi connectivity index (χ3n) is 3.94. The molecule has 5 aromatic rings. The van der Waals surface area contributed by atoms with E-state index in [1.807, 2.05) is 37.6 Å². The summed E-state index contributed by atoms with van der Waals surface area (Å²) in [4.78, 5) is 16.6. The Kier molecular flexibility index (Phi) is 2.89. The highest BCUT2D eigenvalue weighted by atomic mass is 35.5. The van der Waals surface area contributed by atoms with Gasteiger partial charge in [0.15, 0.2) is 16.6 Å². The van der Waals surface area contributed by atoms with Crippen molar-refractivity contribution in [2.24, 2.45) is 7.05 Å². The summed E-state index contributed by atoms with van der Waals surface area (Å²) in [6.45, 7) is 0. The van der Waals surface area contributed by atoms with Gasteiger partial charge in [-0.2, -0.15) is 10.2 Å². The number of aryl methyl sites for hydroxylation is 1. The summed E-state index contributed by atoms with van der Waals surface area (Å²) in [5.41, 5.74) is 3.73. The third kappa shape index (κ3) is 2.18. The van der Waals surface area contributed by atoms with E-state index in [0.717, 1.165) is 22.3 Å². The van der Waals surface area contributed by atoms with Crippen LogP contribution in [0.25, 0.3) is 39.5 Å². The summed E-state index contributed by atoms with van der Waals surface area (Å²) in [6, 6.07) is 5.61. The van der Waals surface area contributed by atoms with Gasteiger partial charge in [0.2, 0.25) is 0 Å². The lowest BCUT2D eigenvalue weighted by atomic mass is 10.2. The van der Waals surface area contributed by atoms with Gasteiger partial charge >= 0.3 is 0 Å². The van der Waals surface area contributed by atoms with Crippen molar-refractivity contribution >= 4 is 28.3 Å². The Bertz CT molecular complexity index is 1230. The second kappa shape index (κ2) is 5.12. The van der Waals surface area contributed by atoms with E-state index in [4.69, 9.17) is 16.6 Å². The van der Waals surface area contributed by atoms with Gasteiger partial charge in [0.1, 0.15) is 11.3 Å². The Balaban J connectivity index is 1.76. The normalized spacial score (nSPS) is 11.6. The van der Waals surface area contributed by atoms with Crippen LogP contribution in [-0.2, 0) is 7.05 Å². The molecule has 0 saturated heterocycles. The van der Waals surface area contributed by atoms with Crippen LogP contribution in [0.2, 0.25) is 5.15 Å². The molecule has 0 aliphatic carbocycles. The number of fused-ring (bicyclic) bond motifs is 2. The summed E-state index contributed by atoms with van der Waals surface area (Å²) in [5, 5.41) is 10.1. The first-order chi connectivity index (χ1) is 12.2. The summed E-state index contributed by atoms with van der Waals surface area (Å²) in [7, 11) is 1.87. The number of hydrogen-bond acceptors (Lipinski definition) is 5. The monoisotopic (exact) mass is 350 g/mol. The molecule has 0 atom stereocenters. The molecule has 0 unspecified atom stereocenters. The Labute approximate surface area is 146 Å². The molecule has 1 N–H and O–H groups in total. The maximum Gasteiger partial charge on any atom is 0.182 e. The molecule has 0 radical (unpaired) electrons. The van der Waals surface area contributed by atoms with Crippen molar-refractivity contribution in [2.75, 3.05) is 0 Å². The van der Waals surface area contributed by atoms with E-state index < -0.39 is 0 Å². The van der Waals surface area contributed by atoms with Gasteiger partial charge < -0.3 is 4.98 Å². The highest BCUT2D eigenvalue weighted by Gasteiger charge is 2.15. The smallest absolute Gasteiger partial charge is 0.182 e. The van der Waals surface area contributed by atoms with Crippen molar-refractivity contribution in [3.05, 3.63) is 48.1 Å². The Morgan fingerprint density at radius 3 is 2.88 bits per heavy atom. The number of nitrogens with zero attached hydrogens (tertiary/aromatic N) is 7. The quantitative estimate of drug-likeness (QED) is 0.528. The maximum atomic E-state index is 6.12. The second-order valence-corrected chi connectivity index (χ2v) is 6.00. The average molecular weight is 351 g/mol. The summed E-state index contributed by atoms with van der Waals surface area (Å²) >= 11 is 6.12. The molecular weight excluding hydrogens is 340 g/mol. The van der Waals surface area contributed by atoms with Gasteiger partial charge in [-0.05, 0) is 18.2 Å². The number of aromatic nitrogens is 8. The molecule has 0 amide bonds. The molecule has 0 aromatic carbocycles. The first-order valence-electron chi connectivity index (χ1n) is 7.54. The zero-order chi connectivity index (χ0) is 17.0. The van der Waals surface area contributed by atoms with Gasteiger partial charge in [-0.25, -0.2) is 19.5 Å². The Morgan fingerprint density at radius 1 is 1.12 bits per heavy atom. The van der Waals surface area contributed by atoms with E-state index in [-0.39, 0.29) is 0 Å². The number of H-pyrrole nitrogens is 1. The molecular formula is C16H11ClN8. The van der Waals surface area contributed by atoms with Crippen LogP contribution < -0.4 is 0 Å². The number of hydrogen-bond donors (Lipinski definition) is 1. The van der Waals surface area contributed by atoms with Crippen LogP contribution in [0.4, 0.5) is 0 Å². The van der Waals surface area contributed by atoms with Crippen LogP contribution in [-0.4, -0.2) is 39.3 Å². The number of halogens is 1. The predicted molar refractivity (Wildman–Crippen MR) is 93.1 cm³/mol. The van der Waals surface area contributed by atoms with Crippen LogP contribution in [0, 0.1) is 0 Å². The largest absolute Gasteiger partial charge is 0.346 e. The van der Waals surface area contributed by atoms with Gasteiger partial charge in [-0.15, -0.1) is 0 Å². The molecule has 9 heteroatoms. The number of aromatic amines is 1. The molecule has 5 aromatic heterocycles. The fraction of sp³-hybridized carbons (Fsp3) is 0.0625. The summed E-state index contributed by atoms with van der Waals surface area (Å²) in [5.74, 6) is 0.500. The SMILES string of the molecule is Cn1cc(-c2nc(-c3ccc4ncc(Cl)n4n3)nc3[nH]ccc23)cn1. The standard InChI is InChI=1S/C16H11ClN8/c1-24-8-9(6-20-24)14-10-4-5-18-15(10)22-16(21-14)11-2-3-13-19-7-12(17)25(13)23-11/h2-8H,1H3,(H,18,21,22). The second-order valence-electron chi connectivity index (χ2n) is 5.61. The molecule has 0 spiro atoms. The highest BCUT2D eigenvalue weighted by molar-refractivity contribution is 6.29. The molecule has 0 aliphatic heterocycles. The van der Waals surface area contributed by atoms with Gasteiger partial charge in [-0.1, -0.05) is 11.6 Å². The molecule has 122 valence electrons. The van der Waals surface area contributed by atoms with E-state index in [1.54, 1.807) is 21.6 Å². The minimum Gasteiger partial charge on any atom is -0.346 e. The number of nitrogens with one attached hydrogen (secondary N) is 1. The summed E-state index contributed by atoms with van der Waals surface area (Å²) < 4.78 is 3.30. The first-order valence-corrected chi connectivity index (χ1v) is 7.92. The lowest BCUT2D eigenvalue weighted by molar-refractivity contribution is 0.768. The molecule has 0 saturated carbocycles. The minimum absolute atomic E-state index is 0.435. The molecule has 0 fully saturated rings. The van der Waals surface area contributed by atoms with Crippen molar-refractivity contribution in [3.8, 4) is 22.8 Å². The number of imidazole rings is 1. The highest BCUT2D eigenvalue weighted by Crippen LogP contribution is 2.27. The number of rotatable bonds is 2. The summed E-state index contributed by atoms with van der Waals surface area (Å²) in [6.07, 6.45) is 7.10. The van der Waals surface area contributed by atoms with Crippen LogP contribution in [0.1, 0.15) is 0 Å². The van der Waals surface area contributed by atoms with Gasteiger partial charge in [0.05, 0.1) is 18.1 Å². The molecule has 5 rings (SSSR count). The van der Waals surface area contributed by atoms with Crippen LogP contribution >= 0.6 is 11.6 Å². The van der Waals surface area contributed by atoms with Crippen molar-refractivity contribution in [3.63, 3.8) is 0 Å². The van der Waals surface area contributed by atoms with E-state index in [2.05, 4.69) is 25.1 Å². The van der Waals surface area contributed by atoms with Gasteiger partial charge in [0.25, 0.3) is 0 Å². The topological polar surface area (TPSA) is 89.6 Å². The third-order valence-corrected chi connectivity index (χ3v) is 4.20. The maximum absolute atomic E-state index is 6.12. The van der Waals surface area contributed by atoms with Crippen molar-refractivity contribution in [2.45, 2.75) is 0 Å². The Morgan fingerprint density at radius 2 is 2.04 bits per heavy atom. The van der Waals surface area contributed by atoms with Crippen molar-refractivity contribution in [1.82, 2.24) is 39.3 Å². The minimum atomic E-state index is 0.435. The molecule has 25 heavy (non-hydrogen) atoms. The van der Waals surface area contributed by atoms with E-state index in [9.17, 15) is 0 Å². The average Bonchev–Trinajstić information content (AvgIpc) is 3.34. The van der Waals surface area contributed by atoms with E-state index in [0.29, 0.717) is 22.3 Å². The molecule has 0 bridgehead atoms. The van der Waals surface area contributed by atoms with Crippen molar-refractivity contribution in [1.29, 1.82) is 0 Å². The fourth-order valence-corrected chi connectivity index (χ4v) is 2.96. The fourth-order valence-electron chi connectivity index (χ4n) is 2.78. The molecule has 5 heterocycles.